The third-order valence-electron chi connectivity index (χ3n) is 4.70. The zero-order chi connectivity index (χ0) is 16.5. The summed E-state index contributed by atoms with van der Waals surface area (Å²) in [6.45, 7) is 5.81. The van der Waals surface area contributed by atoms with E-state index in [0.29, 0.717) is 25.1 Å². The Labute approximate surface area is 163 Å². The Morgan fingerprint density at radius 3 is 2.67 bits per heavy atom. The second kappa shape index (κ2) is 11.9. The predicted molar refractivity (Wildman–Crippen MR) is 108 cm³/mol. The summed E-state index contributed by atoms with van der Waals surface area (Å²) >= 11 is 0. The van der Waals surface area contributed by atoms with Crippen molar-refractivity contribution in [3.05, 3.63) is 0 Å². The molecule has 0 radical (unpaired) electrons. The number of rotatable bonds is 6. The van der Waals surface area contributed by atoms with E-state index in [1.165, 1.54) is 19.3 Å². The molecule has 6 nitrogen and oxygen atoms in total. The van der Waals surface area contributed by atoms with Crippen LogP contribution in [0.25, 0.3) is 0 Å². The zero-order valence-corrected chi connectivity index (χ0v) is 17.4. The Kier molecular flexibility index (Phi) is 10.6. The third-order valence-corrected chi connectivity index (χ3v) is 4.70. The lowest BCUT2D eigenvalue weighted by atomic mass is 9.88. The smallest absolute Gasteiger partial charge is 0.225 e. The van der Waals surface area contributed by atoms with Crippen LogP contribution in [0, 0.1) is 5.92 Å². The van der Waals surface area contributed by atoms with Crippen LogP contribution in [0.1, 0.15) is 45.4 Å². The standard InChI is InChI=1S/C17H32N4O2.HI/c1-3-18-17(19-10-12-23-2)20-15-9-11-21(13-15)16(22)14-7-5-4-6-8-14;/h14-15H,3-13H2,1-2H3,(H2,18,19,20);1H. The number of carbonyl (C=O) groups excluding carboxylic acids is 1. The van der Waals surface area contributed by atoms with Crippen LogP contribution in [-0.2, 0) is 9.53 Å². The summed E-state index contributed by atoms with van der Waals surface area (Å²) in [5.41, 5.74) is 0. The lowest BCUT2D eigenvalue weighted by Crippen LogP contribution is -2.45. The maximum atomic E-state index is 12.6. The van der Waals surface area contributed by atoms with Crippen molar-refractivity contribution in [1.82, 2.24) is 15.5 Å². The first-order valence-corrected chi connectivity index (χ1v) is 9.07. The van der Waals surface area contributed by atoms with Crippen LogP contribution in [0.2, 0.25) is 0 Å². The second-order valence-electron chi connectivity index (χ2n) is 6.50. The van der Waals surface area contributed by atoms with Crippen molar-refractivity contribution in [3.63, 3.8) is 0 Å². The number of likely N-dealkylation sites (tertiary alicyclic amines) is 1. The van der Waals surface area contributed by atoms with Crippen LogP contribution < -0.4 is 10.6 Å². The average molecular weight is 452 g/mol. The van der Waals surface area contributed by atoms with Gasteiger partial charge in [0.1, 0.15) is 0 Å². The van der Waals surface area contributed by atoms with Crippen LogP contribution in [0.15, 0.2) is 4.99 Å². The van der Waals surface area contributed by atoms with E-state index in [2.05, 4.69) is 22.5 Å². The fourth-order valence-corrected chi connectivity index (χ4v) is 3.45. The number of nitrogens with one attached hydrogen (secondary N) is 2. The largest absolute Gasteiger partial charge is 0.383 e. The van der Waals surface area contributed by atoms with Crippen molar-refractivity contribution in [3.8, 4) is 0 Å². The summed E-state index contributed by atoms with van der Waals surface area (Å²) in [7, 11) is 1.68. The van der Waals surface area contributed by atoms with Gasteiger partial charge in [0.25, 0.3) is 0 Å². The van der Waals surface area contributed by atoms with Gasteiger partial charge < -0.3 is 20.3 Å². The Morgan fingerprint density at radius 2 is 2.00 bits per heavy atom. The number of methoxy groups -OCH3 is 1. The molecule has 0 bridgehead atoms. The first-order valence-electron chi connectivity index (χ1n) is 9.07. The molecule has 1 unspecified atom stereocenters. The maximum Gasteiger partial charge on any atom is 0.225 e. The van der Waals surface area contributed by atoms with Gasteiger partial charge in [-0.3, -0.25) is 9.79 Å². The van der Waals surface area contributed by atoms with Gasteiger partial charge in [-0.25, -0.2) is 0 Å². The molecule has 140 valence electrons. The molecule has 0 aromatic rings. The molecule has 1 saturated carbocycles. The molecule has 1 saturated heterocycles. The molecule has 0 aromatic heterocycles. The normalized spacial score (nSPS) is 22.2. The summed E-state index contributed by atoms with van der Waals surface area (Å²) in [6.07, 6.45) is 6.86. The van der Waals surface area contributed by atoms with E-state index < -0.39 is 0 Å². The Balaban J connectivity index is 0.00000288. The number of aliphatic imine (C=N–C) groups is 1. The van der Waals surface area contributed by atoms with Crippen molar-refractivity contribution in [2.75, 3.05) is 39.9 Å². The first kappa shape index (κ1) is 21.5. The topological polar surface area (TPSA) is 66.0 Å². The van der Waals surface area contributed by atoms with Gasteiger partial charge in [0.2, 0.25) is 5.91 Å². The minimum atomic E-state index is 0. The van der Waals surface area contributed by atoms with E-state index in [-0.39, 0.29) is 29.9 Å². The number of guanidine groups is 1. The van der Waals surface area contributed by atoms with Gasteiger partial charge >= 0.3 is 0 Å². The molecule has 2 N–H and O–H groups in total. The van der Waals surface area contributed by atoms with E-state index in [1.54, 1.807) is 7.11 Å². The van der Waals surface area contributed by atoms with Gasteiger partial charge in [-0.2, -0.15) is 0 Å². The Hall–Kier alpha value is -0.570. The summed E-state index contributed by atoms with van der Waals surface area (Å²) < 4.78 is 5.04. The van der Waals surface area contributed by atoms with Gasteiger partial charge in [0.15, 0.2) is 5.96 Å². The van der Waals surface area contributed by atoms with Crippen molar-refractivity contribution in [2.24, 2.45) is 10.9 Å². The predicted octanol–water partition coefficient (Wildman–Crippen LogP) is 1.99. The molecule has 1 aliphatic carbocycles. The lowest BCUT2D eigenvalue weighted by Gasteiger charge is -2.26. The number of carbonyl (C=O) groups is 1. The van der Waals surface area contributed by atoms with Gasteiger partial charge in [0.05, 0.1) is 13.2 Å². The molecule has 1 aliphatic heterocycles. The summed E-state index contributed by atoms with van der Waals surface area (Å²) in [5.74, 6) is 1.46. The molecule has 1 atom stereocenters. The molecule has 0 aromatic carbocycles. The van der Waals surface area contributed by atoms with E-state index >= 15 is 0 Å². The minimum Gasteiger partial charge on any atom is -0.383 e. The minimum absolute atomic E-state index is 0. The number of halogens is 1. The van der Waals surface area contributed by atoms with Gasteiger partial charge in [-0.05, 0) is 26.2 Å². The third kappa shape index (κ3) is 6.74. The van der Waals surface area contributed by atoms with Crippen LogP contribution in [0.5, 0.6) is 0 Å². The molecule has 7 heteroatoms. The SMILES string of the molecule is CCNC(=NCCOC)NC1CCN(C(=O)C2CCCCC2)C1.I. The molecule has 0 spiro atoms. The number of ether oxygens (including phenoxy) is 1. The molecule has 2 aliphatic rings. The van der Waals surface area contributed by atoms with Crippen molar-refractivity contribution in [1.29, 1.82) is 0 Å². The van der Waals surface area contributed by atoms with Crippen LogP contribution in [-0.4, -0.2) is 62.7 Å². The average Bonchev–Trinajstić information content (AvgIpc) is 3.04. The summed E-state index contributed by atoms with van der Waals surface area (Å²) in [6, 6.07) is 0.294. The van der Waals surface area contributed by atoms with Crippen molar-refractivity contribution >= 4 is 35.8 Å². The number of amides is 1. The lowest BCUT2D eigenvalue weighted by molar-refractivity contribution is -0.135. The maximum absolute atomic E-state index is 12.6. The highest BCUT2D eigenvalue weighted by Crippen LogP contribution is 2.26. The molecule has 1 amide bonds. The quantitative estimate of drug-likeness (QED) is 0.280. The number of nitrogens with zero attached hydrogens (tertiary/aromatic N) is 2. The van der Waals surface area contributed by atoms with Gasteiger partial charge in [0, 0.05) is 38.7 Å². The van der Waals surface area contributed by atoms with Gasteiger partial charge in [-0.1, -0.05) is 19.3 Å². The Bertz CT molecular complexity index is 400. The Morgan fingerprint density at radius 1 is 1.25 bits per heavy atom. The van der Waals surface area contributed by atoms with E-state index in [0.717, 1.165) is 44.9 Å². The monoisotopic (exact) mass is 452 g/mol. The molecular formula is C17H33IN4O2. The fourth-order valence-electron chi connectivity index (χ4n) is 3.45. The van der Waals surface area contributed by atoms with Crippen LogP contribution in [0.4, 0.5) is 0 Å². The highest BCUT2D eigenvalue weighted by molar-refractivity contribution is 14.0. The number of hydrogen-bond acceptors (Lipinski definition) is 3. The van der Waals surface area contributed by atoms with Crippen molar-refractivity contribution < 1.29 is 9.53 Å². The first-order chi connectivity index (χ1) is 11.2. The fraction of sp³-hybridized carbons (Fsp3) is 0.882. The van der Waals surface area contributed by atoms with Crippen molar-refractivity contribution in [2.45, 2.75) is 51.5 Å². The molecule has 1 heterocycles. The van der Waals surface area contributed by atoms with Crippen LogP contribution >= 0.6 is 24.0 Å². The molecule has 24 heavy (non-hydrogen) atoms. The van der Waals surface area contributed by atoms with Gasteiger partial charge in [-0.15, -0.1) is 24.0 Å². The van der Waals surface area contributed by atoms with E-state index in [1.807, 2.05) is 4.90 Å². The highest BCUT2D eigenvalue weighted by atomic mass is 127. The zero-order valence-electron chi connectivity index (χ0n) is 15.1. The summed E-state index contributed by atoms with van der Waals surface area (Å²) in [4.78, 5) is 19.1. The number of hydrogen-bond donors (Lipinski definition) is 2. The van der Waals surface area contributed by atoms with E-state index in [9.17, 15) is 4.79 Å². The van der Waals surface area contributed by atoms with Crippen LogP contribution in [0.3, 0.4) is 0 Å². The highest BCUT2D eigenvalue weighted by Gasteiger charge is 2.31. The molecule has 2 rings (SSSR count). The molecular weight excluding hydrogens is 419 g/mol. The molecule has 2 fully saturated rings. The van der Waals surface area contributed by atoms with E-state index in [4.69, 9.17) is 4.74 Å². The summed E-state index contributed by atoms with van der Waals surface area (Å²) in [5, 5.41) is 6.71. The second-order valence-corrected chi connectivity index (χ2v) is 6.50.